The zero-order valence-electron chi connectivity index (χ0n) is 18.3. The van der Waals surface area contributed by atoms with Crippen LogP contribution in [-0.4, -0.2) is 33.9 Å². The van der Waals surface area contributed by atoms with Crippen molar-refractivity contribution in [3.63, 3.8) is 0 Å². The molecule has 0 heterocycles. The van der Waals surface area contributed by atoms with Gasteiger partial charge in [-0.2, -0.15) is 0 Å². The largest absolute Gasteiger partial charge is 0.465 e. The number of rotatable bonds is 7. The molecule has 3 rings (SSSR count). The Morgan fingerprint density at radius 2 is 1.70 bits per heavy atom. The summed E-state index contributed by atoms with van der Waals surface area (Å²) in [5.41, 5.74) is 2.43. The lowest BCUT2D eigenvalue weighted by molar-refractivity contribution is -0.114. The fourth-order valence-corrected chi connectivity index (χ4v) is 4.92. The van der Waals surface area contributed by atoms with Gasteiger partial charge in [0.25, 0.3) is 10.0 Å². The average Bonchev–Trinajstić information content (AvgIpc) is 2.78. The molecule has 172 valence electrons. The highest BCUT2D eigenvalue weighted by molar-refractivity contribution is 7.92. The van der Waals surface area contributed by atoms with Crippen molar-refractivity contribution < 1.29 is 22.7 Å². The molecule has 0 saturated carbocycles. The maximum atomic E-state index is 13.5. The van der Waals surface area contributed by atoms with Gasteiger partial charge in [-0.1, -0.05) is 35.4 Å². The van der Waals surface area contributed by atoms with Gasteiger partial charge in [0.1, 0.15) is 6.54 Å². The van der Waals surface area contributed by atoms with E-state index in [4.69, 9.17) is 16.3 Å². The maximum absolute atomic E-state index is 13.5. The molecule has 33 heavy (non-hydrogen) atoms. The van der Waals surface area contributed by atoms with Crippen LogP contribution < -0.4 is 9.62 Å². The Balaban J connectivity index is 1.96. The summed E-state index contributed by atoms with van der Waals surface area (Å²) in [7, 11) is -2.80. The number of carbonyl (C=O) groups excluding carboxylic acids is 2. The van der Waals surface area contributed by atoms with Crippen LogP contribution in [-0.2, 0) is 19.6 Å². The monoisotopic (exact) mass is 486 g/mol. The molecular weight excluding hydrogens is 464 g/mol. The van der Waals surface area contributed by atoms with Gasteiger partial charge in [0.05, 0.1) is 23.3 Å². The number of nitrogens with zero attached hydrogens (tertiary/aromatic N) is 1. The summed E-state index contributed by atoms with van der Waals surface area (Å²) in [6.07, 6.45) is 0. The molecule has 0 spiro atoms. The van der Waals surface area contributed by atoms with Crippen LogP contribution in [0.15, 0.2) is 71.6 Å². The molecular formula is C24H23ClN2O5S. The SMILES string of the molecule is COC(=O)c1cccc(NC(=O)CN(c2ccc(Cl)cc2C)S(=O)(=O)c2ccc(C)cc2)c1. The van der Waals surface area contributed by atoms with E-state index in [0.717, 1.165) is 9.87 Å². The summed E-state index contributed by atoms with van der Waals surface area (Å²) in [6.45, 7) is 3.09. The second-order valence-electron chi connectivity index (χ2n) is 7.38. The number of ether oxygens (including phenoxy) is 1. The topological polar surface area (TPSA) is 92.8 Å². The molecule has 0 aliphatic carbocycles. The molecule has 0 atom stereocenters. The highest BCUT2D eigenvalue weighted by Crippen LogP contribution is 2.29. The fourth-order valence-electron chi connectivity index (χ4n) is 3.21. The van der Waals surface area contributed by atoms with Crippen molar-refractivity contribution in [1.82, 2.24) is 0 Å². The van der Waals surface area contributed by atoms with E-state index in [9.17, 15) is 18.0 Å². The molecule has 9 heteroatoms. The van der Waals surface area contributed by atoms with Gasteiger partial charge < -0.3 is 10.1 Å². The number of nitrogens with one attached hydrogen (secondary N) is 1. The molecule has 0 aromatic heterocycles. The Labute approximate surface area is 198 Å². The van der Waals surface area contributed by atoms with Crippen LogP contribution in [0.5, 0.6) is 0 Å². The Morgan fingerprint density at radius 1 is 1.00 bits per heavy atom. The molecule has 1 amide bonds. The smallest absolute Gasteiger partial charge is 0.337 e. The minimum atomic E-state index is -4.06. The molecule has 7 nitrogen and oxygen atoms in total. The first kappa shape index (κ1) is 24.3. The standard InChI is InChI=1S/C24H23ClN2O5S/c1-16-7-10-21(11-8-16)33(30,31)27(22-12-9-19(25)13-17(22)2)15-23(28)26-20-6-4-5-18(14-20)24(29)32-3/h4-14H,15H2,1-3H3,(H,26,28). The van der Waals surface area contributed by atoms with E-state index in [1.54, 1.807) is 55.5 Å². The Hall–Kier alpha value is -3.36. The van der Waals surface area contributed by atoms with Crippen LogP contribution in [0.1, 0.15) is 21.5 Å². The molecule has 0 bridgehead atoms. The highest BCUT2D eigenvalue weighted by atomic mass is 35.5. The number of halogens is 1. The quantitative estimate of drug-likeness (QED) is 0.493. The summed E-state index contributed by atoms with van der Waals surface area (Å²) in [5, 5.41) is 3.10. The van der Waals surface area contributed by atoms with Crippen molar-refractivity contribution >= 4 is 44.9 Å². The van der Waals surface area contributed by atoms with Crippen molar-refractivity contribution in [2.24, 2.45) is 0 Å². The number of anilines is 2. The van der Waals surface area contributed by atoms with E-state index in [-0.39, 0.29) is 10.5 Å². The van der Waals surface area contributed by atoms with E-state index in [1.807, 2.05) is 6.92 Å². The van der Waals surface area contributed by atoms with Crippen molar-refractivity contribution in [2.45, 2.75) is 18.7 Å². The van der Waals surface area contributed by atoms with E-state index in [1.165, 1.54) is 25.3 Å². The number of carbonyl (C=O) groups is 2. The number of sulfonamides is 1. The third-order valence-electron chi connectivity index (χ3n) is 4.89. The minimum Gasteiger partial charge on any atom is -0.465 e. The lowest BCUT2D eigenvalue weighted by atomic mass is 10.2. The van der Waals surface area contributed by atoms with Crippen LogP contribution in [0.4, 0.5) is 11.4 Å². The molecule has 3 aromatic carbocycles. The third-order valence-corrected chi connectivity index (χ3v) is 6.90. The molecule has 0 saturated heterocycles. The van der Waals surface area contributed by atoms with Crippen LogP contribution in [0.2, 0.25) is 5.02 Å². The number of hydrogen-bond donors (Lipinski definition) is 1. The fraction of sp³-hybridized carbons (Fsp3) is 0.167. The van der Waals surface area contributed by atoms with Gasteiger partial charge in [-0.05, 0) is 67.9 Å². The Kier molecular flexibility index (Phi) is 7.40. The average molecular weight is 487 g/mol. The molecule has 1 N–H and O–H groups in total. The van der Waals surface area contributed by atoms with Crippen LogP contribution in [0.25, 0.3) is 0 Å². The molecule has 0 aliphatic heterocycles. The summed E-state index contributed by atoms with van der Waals surface area (Å²) in [4.78, 5) is 24.7. The summed E-state index contributed by atoms with van der Waals surface area (Å²) < 4.78 is 32.7. The normalized spacial score (nSPS) is 11.0. The Bertz CT molecular complexity index is 1290. The first-order chi connectivity index (χ1) is 15.6. The number of methoxy groups -OCH3 is 1. The minimum absolute atomic E-state index is 0.0583. The molecule has 0 aliphatic rings. The lowest BCUT2D eigenvalue weighted by Gasteiger charge is -2.26. The second kappa shape index (κ2) is 10.1. The van der Waals surface area contributed by atoms with Crippen LogP contribution in [0, 0.1) is 13.8 Å². The van der Waals surface area contributed by atoms with Gasteiger partial charge >= 0.3 is 5.97 Å². The first-order valence-corrected chi connectivity index (χ1v) is 11.8. The third kappa shape index (κ3) is 5.71. The summed E-state index contributed by atoms with van der Waals surface area (Å²) in [5.74, 6) is -1.13. The number of aryl methyl sites for hydroxylation is 2. The lowest BCUT2D eigenvalue weighted by Crippen LogP contribution is -2.38. The Morgan fingerprint density at radius 3 is 2.33 bits per heavy atom. The summed E-state index contributed by atoms with van der Waals surface area (Å²) in [6, 6.07) is 17.3. The van der Waals surface area contributed by atoms with Gasteiger partial charge in [-0.25, -0.2) is 13.2 Å². The van der Waals surface area contributed by atoms with Crippen molar-refractivity contribution in [2.75, 3.05) is 23.3 Å². The second-order valence-corrected chi connectivity index (χ2v) is 9.67. The first-order valence-electron chi connectivity index (χ1n) is 9.95. The summed E-state index contributed by atoms with van der Waals surface area (Å²) >= 11 is 6.05. The van der Waals surface area contributed by atoms with Gasteiger partial charge in [-0.3, -0.25) is 9.10 Å². The molecule has 0 unspecified atom stereocenters. The van der Waals surface area contributed by atoms with Gasteiger partial charge in [0.15, 0.2) is 0 Å². The molecule has 3 aromatic rings. The zero-order chi connectivity index (χ0) is 24.2. The van der Waals surface area contributed by atoms with Gasteiger partial charge in [0, 0.05) is 10.7 Å². The van der Waals surface area contributed by atoms with Gasteiger partial charge in [0.2, 0.25) is 5.91 Å². The van der Waals surface area contributed by atoms with Crippen molar-refractivity contribution in [1.29, 1.82) is 0 Å². The molecule has 0 fully saturated rings. The van der Waals surface area contributed by atoms with E-state index < -0.39 is 28.4 Å². The van der Waals surface area contributed by atoms with Crippen molar-refractivity contribution in [3.05, 3.63) is 88.4 Å². The van der Waals surface area contributed by atoms with Gasteiger partial charge in [-0.15, -0.1) is 0 Å². The predicted molar refractivity (Wildman–Crippen MR) is 128 cm³/mol. The zero-order valence-corrected chi connectivity index (χ0v) is 19.9. The van der Waals surface area contributed by atoms with Crippen molar-refractivity contribution in [3.8, 4) is 0 Å². The number of hydrogen-bond acceptors (Lipinski definition) is 5. The highest BCUT2D eigenvalue weighted by Gasteiger charge is 2.28. The number of esters is 1. The number of amides is 1. The van der Waals surface area contributed by atoms with E-state index in [2.05, 4.69) is 5.32 Å². The molecule has 0 radical (unpaired) electrons. The van der Waals surface area contributed by atoms with Crippen LogP contribution in [0.3, 0.4) is 0 Å². The van der Waals surface area contributed by atoms with E-state index in [0.29, 0.717) is 22.0 Å². The number of benzene rings is 3. The van der Waals surface area contributed by atoms with E-state index >= 15 is 0 Å². The maximum Gasteiger partial charge on any atom is 0.337 e. The predicted octanol–water partition coefficient (Wildman–Crippen LogP) is 4.58. The van der Waals surface area contributed by atoms with Crippen LogP contribution >= 0.6 is 11.6 Å².